The van der Waals surface area contributed by atoms with Gasteiger partial charge in [0.2, 0.25) is 0 Å². The van der Waals surface area contributed by atoms with Crippen molar-refractivity contribution in [3.63, 3.8) is 0 Å². The van der Waals surface area contributed by atoms with Gasteiger partial charge in [-0.3, -0.25) is 0 Å². The van der Waals surface area contributed by atoms with Crippen LogP contribution in [-0.2, 0) is 11.8 Å². The molecular formula is C14H23NS. The molecular weight excluding hydrogens is 214 g/mol. The summed E-state index contributed by atoms with van der Waals surface area (Å²) < 4.78 is 0. The average Bonchev–Trinajstić information content (AvgIpc) is 2.85. The molecule has 0 spiro atoms. The molecule has 0 aromatic carbocycles. The number of aryl methyl sites for hydroxylation is 1. The number of nitrogens with zero attached hydrogens (tertiary/aromatic N) is 1. The van der Waals surface area contributed by atoms with Crippen molar-refractivity contribution in [2.45, 2.75) is 64.7 Å². The number of thiazole rings is 1. The summed E-state index contributed by atoms with van der Waals surface area (Å²) in [6, 6.07) is 0. The quantitative estimate of drug-likeness (QED) is 0.751. The van der Waals surface area contributed by atoms with E-state index >= 15 is 0 Å². The van der Waals surface area contributed by atoms with Crippen molar-refractivity contribution >= 4 is 11.3 Å². The molecule has 0 bridgehead atoms. The van der Waals surface area contributed by atoms with Crippen LogP contribution < -0.4 is 0 Å². The number of hydrogen-bond acceptors (Lipinski definition) is 2. The highest BCUT2D eigenvalue weighted by Gasteiger charge is 2.19. The summed E-state index contributed by atoms with van der Waals surface area (Å²) in [5, 5.41) is 3.58. The maximum atomic E-state index is 4.76. The molecule has 0 aliphatic heterocycles. The second-order valence-corrected chi connectivity index (χ2v) is 7.01. The minimum atomic E-state index is 0.210. The predicted octanol–water partition coefficient (Wildman–Crippen LogP) is 4.56. The van der Waals surface area contributed by atoms with Gasteiger partial charge in [0, 0.05) is 10.8 Å². The zero-order chi connectivity index (χ0) is 11.6. The van der Waals surface area contributed by atoms with Crippen molar-refractivity contribution in [3.8, 4) is 0 Å². The van der Waals surface area contributed by atoms with Gasteiger partial charge in [-0.15, -0.1) is 11.3 Å². The molecule has 1 aliphatic rings. The van der Waals surface area contributed by atoms with Gasteiger partial charge in [-0.2, -0.15) is 0 Å². The Bertz CT molecular complexity index is 329. The zero-order valence-electron chi connectivity index (χ0n) is 10.8. The van der Waals surface area contributed by atoms with E-state index in [1.807, 2.05) is 11.3 Å². The lowest BCUT2D eigenvalue weighted by atomic mass is 9.93. The van der Waals surface area contributed by atoms with Gasteiger partial charge in [-0.25, -0.2) is 4.98 Å². The van der Waals surface area contributed by atoms with Gasteiger partial charge < -0.3 is 0 Å². The third kappa shape index (κ3) is 3.07. The van der Waals surface area contributed by atoms with Crippen LogP contribution in [0.1, 0.15) is 63.6 Å². The number of aromatic nitrogens is 1. The van der Waals surface area contributed by atoms with Gasteiger partial charge in [0.05, 0.1) is 10.7 Å². The Kier molecular flexibility index (Phi) is 3.68. The van der Waals surface area contributed by atoms with E-state index in [1.165, 1.54) is 49.2 Å². The van der Waals surface area contributed by atoms with Crippen LogP contribution in [0.4, 0.5) is 0 Å². The third-order valence-electron chi connectivity index (χ3n) is 3.56. The molecule has 1 aromatic rings. The van der Waals surface area contributed by atoms with E-state index in [0.717, 1.165) is 5.92 Å². The first-order valence-corrected chi connectivity index (χ1v) is 7.38. The molecule has 1 saturated carbocycles. The van der Waals surface area contributed by atoms with E-state index in [0.29, 0.717) is 0 Å². The molecule has 0 unspecified atom stereocenters. The van der Waals surface area contributed by atoms with E-state index in [4.69, 9.17) is 4.98 Å². The lowest BCUT2D eigenvalue weighted by Gasteiger charge is -2.14. The minimum absolute atomic E-state index is 0.210. The standard InChI is InChI=1S/C14H23NS/c1-14(2,3)12-10-16-13(15-12)9-8-11-6-4-5-7-11/h10-11H,4-9H2,1-3H3. The molecule has 90 valence electrons. The zero-order valence-corrected chi connectivity index (χ0v) is 11.6. The van der Waals surface area contributed by atoms with Gasteiger partial charge in [-0.1, -0.05) is 46.5 Å². The maximum absolute atomic E-state index is 4.76. The fourth-order valence-corrected chi connectivity index (χ4v) is 3.44. The van der Waals surface area contributed by atoms with Gasteiger partial charge in [0.1, 0.15) is 0 Å². The molecule has 0 N–H and O–H groups in total. The summed E-state index contributed by atoms with van der Waals surface area (Å²) in [6.07, 6.45) is 8.38. The van der Waals surface area contributed by atoms with Crippen molar-refractivity contribution < 1.29 is 0 Å². The normalized spacial score (nSPS) is 18.2. The maximum Gasteiger partial charge on any atom is 0.0928 e. The van der Waals surface area contributed by atoms with Gasteiger partial charge >= 0.3 is 0 Å². The number of hydrogen-bond donors (Lipinski definition) is 0. The van der Waals surface area contributed by atoms with E-state index < -0.39 is 0 Å². The van der Waals surface area contributed by atoms with Gasteiger partial charge in [0.25, 0.3) is 0 Å². The molecule has 1 nitrogen and oxygen atoms in total. The first-order chi connectivity index (χ1) is 7.55. The summed E-state index contributed by atoms with van der Waals surface area (Å²) in [5.74, 6) is 0.988. The van der Waals surface area contributed by atoms with E-state index in [9.17, 15) is 0 Å². The van der Waals surface area contributed by atoms with E-state index in [2.05, 4.69) is 26.2 Å². The van der Waals surface area contributed by atoms with Crippen molar-refractivity contribution in [3.05, 3.63) is 16.1 Å². The van der Waals surface area contributed by atoms with Gasteiger partial charge in [0.15, 0.2) is 0 Å². The lowest BCUT2D eigenvalue weighted by Crippen LogP contribution is -2.11. The summed E-state index contributed by atoms with van der Waals surface area (Å²) in [6.45, 7) is 6.72. The van der Waals surface area contributed by atoms with Crippen LogP contribution in [0.5, 0.6) is 0 Å². The van der Waals surface area contributed by atoms with E-state index in [1.54, 1.807) is 0 Å². The topological polar surface area (TPSA) is 12.9 Å². The Morgan fingerprint density at radius 2 is 2.00 bits per heavy atom. The second kappa shape index (κ2) is 4.87. The number of rotatable bonds is 3. The van der Waals surface area contributed by atoms with Crippen LogP contribution in [0, 0.1) is 5.92 Å². The summed E-state index contributed by atoms with van der Waals surface area (Å²) in [5.41, 5.74) is 1.47. The third-order valence-corrected chi connectivity index (χ3v) is 4.47. The van der Waals surface area contributed by atoms with Crippen LogP contribution in [0.25, 0.3) is 0 Å². The SMILES string of the molecule is CC(C)(C)c1csc(CCC2CCCC2)n1. The molecule has 1 heterocycles. The summed E-state index contributed by atoms with van der Waals surface area (Å²) >= 11 is 1.85. The second-order valence-electron chi connectivity index (χ2n) is 6.07. The minimum Gasteiger partial charge on any atom is -0.246 e. The van der Waals surface area contributed by atoms with Crippen LogP contribution in [0.2, 0.25) is 0 Å². The summed E-state index contributed by atoms with van der Waals surface area (Å²) in [7, 11) is 0. The van der Waals surface area contributed by atoms with Crippen molar-refractivity contribution in [2.75, 3.05) is 0 Å². The molecule has 0 radical (unpaired) electrons. The Balaban J connectivity index is 1.87. The van der Waals surface area contributed by atoms with Crippen LogP contribution in [0.3, 0.4) is 0 Å². The fourth-order valence-electron chi connectivity index (χ4n) is 2.40. The Hall–Kier alpha value is -0.370. The molecule has 1 aliphatic carbocycles. The Labute approximate surface area is 103 Å². The highest BCUT2D eigenvalue weighted by Crippen LogP contribution is 2.30. The fraction of sp³-hybridized carbons (Fsp3) is 0.786. The molecule has 0 saturated heterocycles. The lowest BCUT2D eigenvalue weighted by molar-refractivity contribution is 0.501. The van der Waals surface area contributed by atoms with E-state index in [-0.39, 0.29) is 5.41 Å². The van der Waals surface area contributed by atoms with Crippen molar-refractivity contribution in [1.29, 1.82) is 0 Å². The molecule has 2 heteroatoms. The molecule has 1 fully saturated rings. The highest BCUT2D eigenvalue weighted by atomic mass is 32.1. The molecule has 2 rings (SSSR count). The Morgan fingerprint density at radius 1 is 1.31 bits per heavy atom. The monoisotopic (exact) mass is 237 g/mol. The first-order valence-electron chi connectivity index (χ1n) is 6.50. The molecule has 0 atom stereocenters. The summed E-state index contributed by atoms with van der Waals surface area (Å²) in [4.78, 5) is 4.76. The highest BCUT2D eigenvalue weighted by molar-refractivity contribution is 7.09. The first kappa shape index (κ1) is 12.1. The average molecular weight is 237 g/mol. The van der Waals surface area contributed by atoms with Crippen molar-refractivity contribution in [2.24, 2.45) is 5.92 Å². The largest absolute Gasteiger partial charge is 0.246 e. The van der Waals surface area contributed by atoms with Gasteiger partial charge in [-0.05, 0) is 18.8 Å². The van der Waals surface area contributed by atoms with Crippen LogP contribution in [0.15, 0.2) is 5.38 Å². The van der Waals surface area contributed by atoms with Crippen LogP contribution >= 0.6 is 11.3 Å². The Morgan fingerprint density at radius 3 is 2.56 bits per heavy atom. The van der Waals surface area contributed by atoms with Crippen molar-refractivity contribution in [1.82, 2.24) is 4.98 Å². The smallest absolute Gasteiger partial charge is 0.0928 e. The van der Waals surface area contributed by atoms with Crippen LogP contribution in [-0.4, -0.2) is 4.98 Å². The predicted molar refractivity (Wildman–Crippen MR) is 71.1 cm³/mol. The molecule has 16 heavy (non-hydrogen) atoms. The molecule has 0 amide bonds. The molecule has 1 aromatic heterocycles.